The van der Waals surface area contributed by atoms with Gasteiger partial charge in [0.15, 0.2) is 0 Å². The molecule has 1 aliphatic heterocycles. The predicted octanol–water partition coefficient (Wildman–Crippen LogP) is 2.20. The van der Waals surface area contributed by atoms with Crippen molar-refractivity contribution in [2.75, 3.05) is 12.3 Å². The Bertz CT molecular complexity index is 449. The van der Waals surface area contributed by atoms with Crippen LogP contribution in [0.5, 0.6) is 0 Å². The van der Waals surface area contributed by atoms with E-state index in [1.165, 1.54) is 11.1 Å². The van der Waals surface area contributed by atoms with Crippen molar-refractivity contribution in [2.24, 2.45) is 0 Å². The van der Waals surface area contributed by atoms with Crippen LogP contribution in [-0.4, -0.2) is 23.1 Å². The first-order valence-corrected chi connectivity index (χ1v) is 6.19. The molecule has 0 spiro atoms. The van der Waals surface area contributed by atoms with Gasteiger partial charge in [0.2, 0.25) is 5.91 Å². The van der Waals surface area contributed by atoms with Crippen LogP contribution in [-0.2, 0) is 4.79 Å². The number of terminal acetylenes is 1. The summed E-state index contributed by atoms with van der Waals surface area (Å²) in [5, 5.41) is 0.0877. The Labute approximate surface area is 100 Å². The molecule has 0 bridgehead atoms. The molecule has 2 nitrogen and oxygen atoms in total. The first-order valence-electron chi connectivity index (χ1n) is 5.14. The third kappa shape index (κ3) is 1.94. The molecule has 1 unspecified atom stereocenters. The molecule has 82 valence electrons. The van der Waals surface area contributed by atoms with Gasteiger partial charge in [0.05, 0.1) is 12.3 Å². The minimum atomic E-state index is 0.0877. The van der Waals surface area contributed by atoms with Crippen LogP contribution >= 0.6 is 11.8 Å². The molecular formula is C13H13NOS. The van der Waals surface area contributed by atoms with Crippen molar-refractivity contribution in [1.29, 1.82) is 0 Å². The number of aryl methyl sites for hydroxylation is 1. The number of carbonyl (C=O) groups is 1. The van der Waals surface area contributed by atoms with Crippen molar-refractivity contribution in [3.63, 3.8) is 0 Å². The van der Waals surface area contributed by atoms with Crippen LogP contribution in [0.3, 0.4) is 0 Å². The van der Waals surface area contributed by atoms with Crippen LogP contribution in [0.25, 0.3) is 0 Å². The van der Waals surface area contributed by atoms with E-state index < -0.39 is 0 Å². The third-order valence-electron chi connectivity index (χ3n) is 2.68. The summed E-state index contributed by atoms with van der Waals surface area (Å²) >= 11 is 1.65. The fourth-order valence-electron chi connectivity index (χ4n) is 1.84. The van der Waals surface area contributed by atoms with Gasteiger partial charge < -0.3 is 4.90 Å². The average Bonchev–Trinajstić information content (AvgIpc) is 2.62. The Morgan fingerprint density at radius 3 is 3.00 bits per heavy atom. The van der Waals surface area contributed by atoms with Crippen molar-refractivity contribution in [1.82, 2.24) is 4.90 Å². The SMILES string of the molecule is C#CCN1C(=O)CSC1c1ccccc1C. The first-order chi connectivity index (χ1) is 7.74. The fraction of sp³-hybridized carbons (Fsp3) is 0.308. The average molecular weight is 231 g/mol. The van der Waals surface area contributed by atoms with E-state index in [2.05, 4.69) is 25.0 Å². The Kier molecular flexibility index (Phi) is 3.21. The lowest BCUT2D eigenvalue weighted by atomic mass is 10.1. The van der Waals surface area contributed by atoms with Gasteiger partial charge in [-0.25, -0.2) is 0 Å². The smallest absolute Gasteiger partial charge is 0.234 e. The molecule has 3 heteroatoms. The Hall–Kier alpha value is -1.40. The van der Waals surface area contributed by atoms with Gasteiger partial charge in [0, 0.05) is 0 Å². The lowest BCUT2D eigenvalue weighted by Gasteiger charge is -2.23. The Morgan fingerprint density at radius 1 is 1.56 bits per heavy atom. The highest BCUT2D eigenvalue weighted by Gasteiger charge is 2.32. The Balaban J connectivity index is 2.31. The minimum Gasteiger partial charge on any atom is -0.315 e. The second-order valence-corrected chi connectivity index (χ2v) is 4.81. The summed E-state index contributed by atoms with van der Waals surface area (Å²) in [5.74, 6) is 3.21. The van der Waals surface area contributed by atoms with Gasteiger partial charge in [0.1, 0.15) is 5.37 Å². The molecule has 0 aliphatic carbocycles. The fourth-order valence-corrected chi connectivity index (χ4v) is 3.13. The molecule has 0 radical (unpaired) electrons. The van der Waals surface area contributed by atoms with Crippen molar-refractivity contribution in [3.8, 4) is 12.3 Å². The number of hydrogen-bond acceptors (Lipinski definition) is 2. The summed E-state index contributed by atoms with van der Waals surface area (Å²) in [5.41, 5.74) is 2.39. The number of nitrogens with zero attached hydrogens (tertiary/aromatic N) is 1. The molecule has 1 amide bonds. The number of benzene rings is 1. The summed E-state index contributed by atoms with van der Waals surface area (Å²) in [6, 6.07) is 8.13. The maximum absolute atomic E-state index is 11.7. The molecule has 0 aromatic heterocycles. The largest absolute Gasteiger partial charge is 0.315 e. The van der Waals surface area contributed by atoms with Gasteiger partial charge in [-0.05, 0) is 18.1 Å². The monoisotopic (exact) mass is 231 g/mol. The molecule has 1 aromatic rings. The van der Waals surface area contributed by atoms with E-state index in [-0.39, 0.29) is 11.3 Å². The highest BCUT2D eigenvalue weighted by molar-refractivity contribution is 8.00. The molecule has 0 saturated carbocycles. The number of amides is 1. The molecule has 1 heterocycles. The maximum atomic E-state index is 11.7. The van der Waals surface area contributed by atoms with E-state index in [1.54, 1.807) is 16.7 Å². The van der Waals surface area contributed by atoms with Gasteiger partial charge in [-0.3, -0.25) is 4.79 Å². The van der Waals surface area contributed by atoms with Gasteiger partial charge >= 0.3 is 0 Å². The van der Waals surface area contributed by atoms with Crippen LogP contribution in [0.15, 0.2) is 24.3 Å². The number of hydrogen-bond donors (Lipinski definition) is 0. The van der Waals surface area contributed by atoms with Crippen molar-refractivity contribution in [3.05, 3.63) is 35.4 Å². The minimum absolute atomic E-state index is 0.0877. The molecule has 1 aliphatic rings. The molecule has 1 saturated heterocycles. The lowest BCUT2D eigenvalue weighted by Crippen LogP contribution is -2.28. The molecule has 1 atom stereocenters. The zero-order valence-electron chi connectivity index (χ0n) is 9.14. The molecule has 0 N–H and O–H groups in total. The number of thioether (sulfide) groups is 1. The van der Waals surface area contributed by atoms with Gasteiger partial charge in [-0.15, -0.1) is 18.2 Å². The number of carbonyl (C=O) groups excluding carboxylic acids is 1. The highest BCUT2D eigenvalue weighted by Crippen LogP contribution is 2.39. The summed E-state index contributed by atoms with van der Waals surface area (Å²) in [4.78, 5) is 13.4. The van der Waals surface area contributed by atoms with Gasteiger partial charge in [0.25, 0.3) is 0 Å². The molecule has 2 rings (SSSR count). The predicted molar refractivity (Wildman–Crippen MR) is 66.9 cm³/mol. The lowest BCUT2D eigenvalue weighted by molar-refractivity contribution is -0.127. The molecule has 1 aromatic carbocycles. The normalized spacial score (nSPS) is 19.9. The van der Waals surface area contributed by atoms with Gasteiger partial charge in [-0.1, -0.05) is 30.2 Å². The Morgan fingerprint density at radius 2 is 2.31 bits per heavy atom. The second kappa shape index (κ2) is 4.63. The zero-order valence-corrected chi connectivity index (χ0v) is 9.96. The van der Waals surface area contributed by atoms with Crippen molar-refractivity contribution < 1.29 is 4.79 Å². The summed E-state index contributed by atoms with van der Waals surface area (Å²) < 4.78 is 0. The van der Waals surface area contributed by atoms with Gasteiger partial charge in [-0.2, -0.15) is 0 Å². The van der Waals surface area contributed by atoms with E-state index >= 15 is 0 Å². The van der Waals surface area contributed by atoms with E-state index in [0.717, 1.165) is 0 Å². The quantitative estimate of drug-likeness (QED) is 0.727. The zero-order chi connectivity index (χ0) is 11.5. The van der Waals surface area contributed by atoms with Crippen molar-refractivity contribution in [2.45, 2.75) is 12.3 Å². The van der Waals surface area contributed by atoms with Crippen LogP contribution in [0.1, 0.15) is 16.5 Å². The molecule has 1 fully saturated rings. The molecule has 16 heavy (non-hydrogen) atoms. The van der Waals surface area contributed by atoms with E-state index in [0.29, 0.717) is 12.3 Å². The van der Waals surface area contributed by atoms with E-state index in [9.17, 15) is 4.79 Å². The van der Waals surface area contributed by atoms with E-state index in [1.807, 2.05) is 12.1 Å². The topological polar surface area (TPSA) is 20.3 Å². The van der Waals surface area contributed by atoms with Crippen LogP contribution in [0.2, 0.25) is 0 Å². The molecular weight excluding hydrogens is 218 g/mol. The standard InChI is InChI=1S/C13H13NOS/c1-3-8-14-12(15)9-16-13(14)11-7-5-4-6-10(11)2/h1,4-7,13H,8-9H2,2H3. The van der Waals surface area contributed by atoms with Crippen molar-refractivity contribution >= 4 is 17.7 Å². The van der Waals surface area contributed by atoms with Crippen LogP contribution in [0.4, 0.5) is 0 Å². The first kappa shape index (κ1) is 11.1. The summed E-state index contributed by atoms with van der Waals surface area (Å²) in [7, 11) is 0. The highest BCUT2D eigenvalue weighted by atomic mass is 32.2. The van der Waals surface area contributed by atoms with Crippen LogP contribution in [0, 0.1) is 19.3 Å². The maximum Gasteiger partial charge on any atom is 0.234 e. The van der Waals surface area contributed by atoms with E-state index in [4.69, 9.17) is 6.42 Å². The second-order valence-electron chi connectivity index (χ2n) is 3.75. The third-order valence-corrected chi connectivity index (χ3v) is 3.92. The number of rotatable bonds is 2. The summed E-state index contributed by atoms with van der Waals surface area (Å²) in [6.07, 6.45) is 5.30. The summed E-state index contributed by atoms with van der Waals surface area (Å²) in [6.45, 7) is 2.46. The van der Waals surface area contributed by atoms with Crippen LogP contribution < -0.4 is 0 Å².